The second-order valence-corrected chi connectivity index (χ2v) is 7.77. The van der Waals surface area contributed by atoms with Gasteiger partial charge in [0.1, 0.15) is 5.75 Å². The van der Waals surface area contributed by atoms with E-state index in [1.165, 1.54) is 30.1 Å². The highest BCUT2D eigenvalue weighted by atomic mass is 32.2. The number of nitro groups is 1. The van der Waals surface area contributed by atoms with Crippen molar-refractivity contribution >= 4 is 34.7 Å². The van der Waals surface area contributed by atoms with E-state index in [0.29, 0.717) is 30.3 Å². The number of carbonyl (C=O) groups excluding carboxylic acids is 1. The van der Waals surface area contributed by atoms with Crippen LogP contribution in [0.5, 0.6) is 5.75 Å². The topological polar surface area (TPSA) is 97.4 Å². The maximum Gasteiger partial charge on any atom is 0.270 e. The van der Waals surface area contributed by atoms with Gasteiger partial charge in [0, 0.05) is 24.2 Å². The Bertz CT molecular complexity index is 1020. The first-order valence-corrected chi connectivity index (χ1v) is 10.6. The molecule has 0 saturated carbocycles. The monoisotopic (exact) mass is 438 g/mol. The highest BCUT2D eigenvalue weighted by molar-refractivity contribution is 8.15. The summed E-state index contributed by atoms with van der Waals surface area (Å²) in [7, 11) is 0. The van der Waals surface area contributed by atoms with Crippen molar-refractivity contribution in [2.75, 3.05) is 13.2 Å². The molecular weight excluding hydrogens is 416 g/mol. The molecule has 2 aromatic rings. The zero-order valence-electron chi connectivity index (χ0n) is 17.0. The van der Waals surface area contributed by atoms with Crippen molar-refractivity contribution in [1.29, 1.82) is 0 Å². The SMILES string of the molecule is C=CCN1C(=O)C(Cc2ccc(OCC)cc2)SC1=NN=Cc1cccc([N+](=O)[O-])c1. The summed E-state index contributed by atoms with van der Waals surface area (Å²) in [6.07, 6.45) is 3.62. The van der Waals surface area contributed by atoms with Gasteiger partial charge in [-0.2, -0.15) is 5.10 Å². The number of amidine groups is 1. The Morgan fingerprint density at radius 1 is 1.29 bits per heavy atom. The van der Waals surface area contributed by atoms with Gasteiger partial charge in [0.05, 0.1) is 23.0 Å². The summed E-state index contributed by atoms with van der Waals surface area (Å²) < 4.78 is 5.46. The standard InChI is InChI=1S/C22H22N4O4S/c1-3-12-25-21(27)20(14-16-8-10-19(11-9-16)30-4-2)31-22(25)24-23-15-17-6-5-7-18(13-17)26(28)29/h3,5-11,13,15,20H,1,4,12,14H2,2H3. The van der Waals surface area contributed by atoms with Gasteiger partial charge >= 0.3 is 0 Å². The van der Waals surface area contributed by atoms with E-state index in [1.807, 2.05) is 31.2 Å². The molecule has 31 heavy (non-hydrogen) atoms. The maximum absolute atomic E-state index is 12.9. The Labute approximate surface area is 184 Å². The van der Waals surface area contributed by atoms with Crippen LogP contribution >= 0.6 is 11.8 Å². The van der Waals surface area contributed by atoms with Crippen molar-refractivity contribution in [3.8, 4) is 5.75 Å². The number of carbonyl (C=O) groups is 1. The normalized spacial score (nSPS) is 17.5. The van der Waals surface area contributed by atoms with E-state index in [1.54, 1.807) is 23.1 Å². The van der Waals surface area contributed by atoms with Gasteiger partial charge in [0.2, 0.25) is 5.91 Å². The Morgan fingerprint density at radius 2 is 2.06 bits per heavy atom. The minimum Gasteiger partial charge on any atom is -0.494 e. The number of amides is 1. The molecule has 160 valence electrons. The Kier molecular flexibility index (Phi) is 7.55. The van der Waals surface area contributed by atoms with Crippen LogP contribution in [0.2, 0.25) is 0 Å². The van der Waals surface area contributed by atoms with Gasteiger partial charge in [-0.25, -0.2) is 0 Å². The van der Waals surface area contributed by atoms with Crippen LogP contribution < -0.4 is 4.74 Å². The van der Waals surface area contributed by atoms with Crippen molar-refractivity contribution in [2.45, 2.75) is 18.6 Å². The fraction of sp³-hybridized carbons (Fsp3) is 0.227. The first-order chi connectivity index (χ1) is 15.0. The van der Waals surface area contributed by atoms with E-state index in [4.69, 9.17) is 4.74 Å². The van der Waals surface area contributed by atoms with E-state index in [0.717, 1.165) is 11.3 Å². The van der Waals surface area contributed by atoms with Crippen LogP contribution in [0.25, 0.3) is 0 Å². The maximum atomic E-state index is 12.9. The second-order valence-electron chi connectivity index (χ2n) is 6.60. The van der Waals surface area contributed by atoms with Gasteiger partial charge in [-0.3, -0.25) is 19.8 Å². The first-order valence-electron chi connectivity index (χ1n) is 9.68. The van der Waals surface area contributed by atoms with Crippen LogP contribution in [-0.2, 0) is 11.2 Å². The van der Waals surface area contributed by atoms with Crippen LogP contribution in [0.15, 0.2) is 71.4 Å². The molecule has 9 heteroatoms. The Hall–Kier alpha value is -3.46. The summed E-state index contributed by atoms with van der Waals surface area (Å²) >= 11 is 1.34. The minimum absolute atomic E-state index is 0.0225. The number of non-ortho nitro benzene ring substituents is 1. The molecule has 1 fully saturated rings. The molecule has 0 bridgehead atoms. The molecule has 8 nitrogen and oxygen atoms in total. The summed E-state index contributed by atoms with van der Waals surface area (Å²) in [6.45, 7) is 6.57. The molecule has 0 aromatic heterocycles. The largest absolute Gasteiger partial charge is 0.494 e. The van der Waals surface area contributed by atoms with Gasteiger partial charge in [-0.1, -0.05) is 42.1 Å². The number of hydrogen-bond acceptors (Lipinski definition) is 7. The van der Waals surface area contributed by atoms with E-state index in [2.05, 4.69) is 16.8 Å². The fourth-order valence-electron chi connectivity index (χ4n) is 2.98. The third-order valence-electron chi connectivity index (χ3n) is 4.42. The lowest BCUT2D eigenvalue weighted by Crippen LogP contribution is -2.32. The molecular formula is C22H22N4O4S. The van der Waals surface area contributed by atoms with Gasteiger partial charge in [0.15, 0.2) is 5.17 Å². The molecule has 1 aliphatic rings. The van der Waals surface area contributed by atoms with Crippen LogP contribution in [0.3, 0.4) is 0 Å². The van der Waals surface area contributed by atoms with Crippen molar-refractivity contribution in [2.24, 2.45) is 10.2 Å². The molecule has 1 unspecified atom stereocenters. The van der Waals surface area contributed by atoms with E-state index < -0.39 is 4.92 Å². The van der Waals surface area contributed by atoms with Crippen LogP contribution in [-0.4, -0.2) is 45.5 Å². The predicted octanol–water partition coefficient (Wildman–Crippen LogP) is 4.06. The smallest absolute Gasteiger partial charge is 0.270 e. The Morgan fingerprint density at radius 3 is 2.74 bits per heavy atom. The van der Waals surface area contributed by atoms with Crippen molar-refractivity contribution in [3.05, 3.63) is 82.4 Å². The molecule has 0 radical (unpaired) electrons. The van der Waals surface area contributed by atoms with Gasteiger partial charge in [0.25, 0.3) is 5.69 Å². The molecule has 1 atom stereocenters. The molecule has 2 aromatic carbocycles. The highest BCUT2D eigenvalue weighted by Gasteiger charge is 2.37. The summed E-state index contributed by atoms with van der Waals surface area (Å²) in [4.78, 5) is 24.8. The number of nitro benzene ring substituents is 1. The number of rotatable bonds is 9. The third-order valence-corrected chi connectivity index (χ3v) is 5.58. The van der Waals surface area contributed by atoms with Crippen LogP contribution in [0.4, 0.5) is 5.69 Å². The summed E-state index contributed by atoms with van der Waals surface area (Å²) in [6, 6.07) is 13.8. The number of ether oxygens (including phenoxy) is 1. The van der Waals surface area contributed by atoms with E-state index in [9.17, 15) is 14.9 Å². The number of hydrogen-bond donors (Lipinski definition) is 0. The highest BCUT2D eigenvalue weighted by Crippen LogP contribution is 2.30. The molecule has 3 rings (SSSR count). The van der Waals surface area contributed by atoms with Crippen LogP contribution in [0.1, 0.15) is 18.1 Å². The minimum atomic E-state index is -0.466. The summed E-state index contributed by atoms with van der Waals surface area (Å²) in [5.41, 5.74) is 1.55. The van der Waals surface area contributed by atoms with E-state index in [-0.39, 0.29) is 16.8 Å². The van der Waals surface area contributed by atoms with Gasteiger partial charge in [-0.15, -0.1) is 11.7 Å². The van der Waals surface area contributed by atoms with Gasteiger partial charge in [-0.05, 0) is 31.0 Å². The molecule has 1 saturated heterocycles. The van der Waals surface area contributed by atoms with Crippen molar-refractivity contribution < 1.29 is 14.5 Å². The lowest BCUT2D eigenvalue weighted by molar-refractivity contribution is -0.384. The number of benzene rings is 2. The predicted molar refractivity (Wildman–Crippen MR) is 123 cm³/mol. The zero-order valence-corrected chi connectivity index (χ0v) is 17.8. The average molecular weight is 439 g/mol. The number of nitrogens with zero attached hydrogens (tertiary/aromatic N) is 4. The zero-order chi connectivity index (χ0) is 22.2. The molecule has 1 heterocycles. The second kappa shape index (κ2) is 10.5. The molecule has 0 spiro atoms. The molecule has 1 aliphatic heterocycles. The molecule has 0 N–H and O–H groups in total. The Balaban J connectivity index is 1.73. The third kappa shape index (κ3) is 5.79. The van der Waals surface area contributed by atoms with Crippen LogP contribution in [0, 0.1) is 10.1 Å². The van der Waals surface area contributed by atoms with Gasteiger partial charge < -0.3 is 4.74 Å². The summed E-state index contributed by atoms with van der Waals surface area (Å²) in [5.74, 6) is 0.741. The quantitative estimate of drug-likeness (QED) is 0.255. The molecule has 0 aliphatic carbocycles. The van der Waals surface area contributed by atoms with E-state index >= 15 is 0 Å². The van der Waals surface area contributed by atoms with Crippen molar-refractivity contribution in [1.82, 2.24) is 4.90 Å². The number of thioether (sulfide) groups is 1. The average Bonchev–Trinajstić information content (AvgIpc) is 3.05. The summed E-state index contributed by atoms with van der Waals surface area (Å²) in [5, 5.41) is 19.3. The lowest BCUT2D eigenvalue weighted by atomic mass is 10.1. The first kappa shape index (κ1) is 22.2. The fourth-order valence-corrected chi connectivity index (χ4v) is 4.12. The molecule has 1 amide bonds. The van der Waals surface area contributed by atoms with Crippen molar-refractivity contribution in [3.63, 3.8) is 0 Å². The lowest BCUT2D eigenvalue weighted by Gasteiger charge is -2.13.